The molecule has 1 aromatic rings. The third kappa shape index (κ3) is 4.56. The predicted octanol–water partition coefficient (Wildman–Crippen LogP) is 2.20. The summed E-state index contributed by atoms with van der Waals surface area (Å²) in [6.45, 7) is 6.83. The lowest BCUT2D eigenvalue weighted by atomic mass is 10.0. The van der Waals surface area contributed by atoms with Gasteiger partial charge in [0, 0.05) is 25.8 Å². The molecule has 156 valence electrons. The van der Waals surface area contributed by atoms with Crippen LogP contribution in [0.3, 0.4) is 0 Å². The van der Waals surface area contributed by atoms with E-state index in [0.29, 0.717) is 25.8 Å². The highest BCUT2D eigenvalue weighted by molar-refractivity contribution is 5.68. The van der Waals surface area contributed by atoms with Crippen molar-refractivity contribution in [1.29, 1.82) is 0 Å². The van der Waals surface area contributed by atoms with Gasteiger partial charge in [0.05, 0.1) is 24.8 Å². The number of hydrogen-bond acceptors (Lipinski definition) is 6. The number of halogens is 3. The highest BCUT2D eigenvalue weighted by atomic mass is 19.4. The van der Waals surface area contributed by atoms with Crippen molar-refractivity contribution >= 4 is 6.09 Å². The van der Waals surface area contributed by atoms with Gasteiger partial charge in [-0.05, 0) is 32.9 Å². The summed E-state index contributed by atoms with van der Waals surface area (Å²) >= 11 is 0. The number of aliphatic hydroxyl groups is 1. The van der Waals surface area contributed by atoms with Crippen molar-refractivity contribution in [3.63, 3.8) is 0 Å². The van der Waals surface area contributed by atoms with E-state index in [4.69, 9.17) is 9.47 Å². The van der Waals surface area contributed by atoms with Gasteiger partial charge in [0.1, 0.15) is 11.3 Å². The van der Waals surface area contributed by atoms with E-state index >= 15 is 0 Å². The summed E-state index contributed by atoms with van der Waals surface area (Å²) in [6.07, 6.45) is -4.22. The van der Waals surface area contributed by atoms with Gasteiger partial charge in [0.2, 0.25) is 5.79 Å². The first-order chi connectivity index (χ1) is 12.9. The highest BCUT2D eigenvalue weighted by Crippen LogP contribution is 2.33. The maximum atomic E-state index is 12.7. The maximum absolute atomic E-state index is 12.7. The summed E-state index contributed by atoms with van der Waals surface area (Å²) in [4.78, 5) is 19.5. The zero-order chi connectivity index (χ0) is 20.7. The number of nitrogens with zero attached hydrogens (tertiary/aromatic N) is 3. The molecule has 0 bridgehead atoms. The lowest BCUT2D eigenvalue weighted by Gasteiger charge is -2.48. The van der Waals surface area contributed by atoms with Crippen LogP contribution in [0.1, 0.15) is 32.0 Å². The van der Waals surface area contributed by atoms with Gasteiger partial charge in [-0.15, -0.1) is 0 Å². The lowest BCUT2D eigenvalue weighted by molar-refractivity contribution is -0.268. The fourth-order valence-electron chi connectivity index (χ4n) is 3.25. The van der Waals surface area contributed by atoms with Crippen molar-refractivity contribution in [2.45, 2.75) is 44.4 Å². The number of ether oxygens (including phenoxy) is 2. The molecule has 0 aliphatic carbocycles. The molecule has 0 unspecified atom stereocenters. The number of piperazine rings is 1. The number of carbonyl (C=O) groups excluding carboxylic acids is 1. The summed E-state index contributed by atoms with van der Waals surface area (Å²) < 4.78 is 49.0. The van der Waals surface area contributed by atoms with E-state index in [0.717, 1.165) is 12.1 Å². The molecular weight excluding hydrogens is 379 g/mol. The first-order valence-electron chi connectivity index (χ1n) is 8.99. The van der Waals surface area contributed by atoms with Gasteiger partial charge in [-0.1, -0.05) is 0 Å². The number of morpholine rings is 1. The van der Waals surface area contributed by atoms with Gasteiger partial charge < -0.3 is 19.5 Å². The minimum Gasteiger partial charge on any atom is -0.444 e. The second-order valence-corrected chi connectivity index (χ2v) is 8.08. The summed E-state index contributed by atoms with van der Waals surface area (Å²) in [5.41, 5.74) is -1.46. The normalized spacial score (nSPS) is 26.7. The minimum atomic E-state index is -4.50. The molecule has 1 N–H and O–H groups in total. The van der Waals surface area contributed by atoms with Crippen LogP contribution < -0.4 is 0 Å². The van der Waals surface area contributed by atoms with Crippen LogP contribution in [-0.4, -0.2) is 70.4 Å². The van der Waals surface area contributed by atoms with E-state index < -0.39 is 29.2 Å². The molecule has 1 amide bonds. The molecule has 2 fully saturated rings. The third-order valence-electron chi connectivity index (χ3n) is 4.68. The molecule has 0 radical (unpaired) electrons. The Morgan fingerprint density at radius 3 is 2.61 bits per heavy atom. The van der Waals surface area contributed by atoms with Crippen LogP contribution in [-0.2, 0) is 21.4 Å². The fraction of sp³-hybridized carbons (Fsp3) is 0.667. The molecule has 28 heavy (non-hydrogen) atoms. The van der Waals surface area contributed by atoms with Crippen LogP contribution >= 0.6 is 0 Å². The molecule has 0 spiro atoms. The van der Waals surface area contributed by atoms with Crippen molar-refractivity contribution in [2.75, 3.05) is 32.8 Å². The van der Waals surface area contributed by atoms with Crippen molar-refractivity contribution in [3.8, 4) is 0 Å². The summed E-state index contributed by atoms with van der Waals surface area (Å²) in [6, 6.07) is 1.85. The highest BCUT2D eigenvalue weighted by Gasteiger charge is 2.45. The van der Waals surface area contributed by atoms with Gasteiger partial charge in [-0.25, -0.2) is 4.79 Å². The number of pyridine rings is 1. The Balaban J connectivity index is 1.65. The summed E-state index contributed by atoms with van der Waals surface area (Å²) in [5, 5.41) is 10.8. The van der Waals surface area contributed by atoms with E-state index in [9.17, 15) is 23.1 Å². The standard InChI is InChI=1S/C18H24F3N3O4/c1-16(2,3)28-15(25)23-6-7-24-11-17(26,27-10-13(24)9-23)14-5-4-12(8-22-14)18(19,20)21/h4-5,8,13,26H,6-7,9-11H2,1-3H3/t13-,17-/m0/s1. The van der Waals surface area contributed by atoms with E-state index in [1.165, 1.54) is 0 Å². The molecule has 3 heterocycles. The third-order valence-corrected chi connectivity index (χ3v) is 4.68. The Hall–Kier alpha value is -1.91. The largest absolute Gasteiger partial charge is 0.444 e. The van der Waals surface area contributed by atoms with Gasteiger partial charge in [-0.2, -0.15) is 13.2 Å². The second-order valence-electron chi connectivity index (χ2n) is 8.08. The van der Waals surface area contributed by atoms with E-state index in [1.807, 2.05) is 4.90 Å². The molecule has 2 aliphatic rings. The van der Waals surface area contributed by atoms with Crippen LogP contribution in [0.2, 0.25) is 0 Å². The lowest BCUT2D eigenvalue weighted by Crippen LogP contribution is -2.63. The zero-order valence-corrected chi connectivity index (χ0v) is 16.0. The predicted molar refractivity (Wildman–Crippen MR) is 92.3 cm³/mol. The van der Waals surface area contributed by atoms with E-state index in [1.54, 1.807) is 25.7 Å². The quantitative estimate of drug-likeness (QED) is 0.775. The van der Waals surface area contributed by atoms with Gasteiger partial charge >= 0.3 is 12.3 Å². The van der Waals surface area contributed by atoms with Crippen molar-refractivity contribution < 1.29 is 32.5 Å². The molecular formula is C18H24F3N3O4. The number of amides is 1. The monoisotopic (exact) mass is 403 g/mol. The fourth-order valence-corrected chi connectivity index (χ4v) is 3.25. The number of aromatic nitrogens is 1. The number of carbonyl (C=O) groups is 1. The molecule has 1 aromatic heterocycles. The Bertz CT molecular complexity index is 720. The van der Waals surface area contributed by atoms with Crippen LogP contribution in [0.4, 0.5) is 18.0 Å². The topological polar surface area (TPSA) is 75.1 Å². The first kappa shape index (κ1) is 20.8. The van der Waals surface area contributed by atoms with Crippen LogP contribution in [0.15, 0.2) is 18.3 Å². The van der Waals surface area contributed by atoms with Gasteiger partial charge in [-0.3, -0.25) is 9.88 Å². The molecule has 2 saturated heterocycles. The number of fused-ring (bicyclic) bond motifs is 1. The smallest absolute Gasteiger partial charge is 0.417 e. The number of rotatable bonds is 1. The van der Waals surface area contributed by atoms with Crippen molar-refractivity contribution in [2.24, 2.45) is 0 Å². The Labute approximate surface area is 161 Å². The van der Waals surface area contributed by atoms with Gasteiger partial charge in [0.15, 0.2) is 0 Å². The molecule has 10 heteroatoms. The Morgan fingerprint density at radius 1 is 1.32 bits per heavy atom. The Morgan fingerprint density at radius 2 is 2.04 bits per heavy atom. The summed E-state index contributed by atoms with van der Waals surface area (Å²) in [7, 11) is 0. The molecule has 7 nitrogen and oxygen atoms in total. The van der Waals surface area contributed by atoms with Crippen LogP contribution in [0.25, 0.3) is 0 Å². The average molecular weight is 403 g/mol. The van der Waals surface area contributed by atoms with E-state index in [-0.39, 0.29) is 24.9 Å². The molecule has 0 aromatic carbocycles. The molecule has 2 aliphatic heterocycles. The minimum absolute atomic E-state index is 0.0218. The van der Waals surface area contributed by atoms with E-state index in [2.05, 4.69) is 4.98 Å². The average Bonchev–Trinajstić information content (AvgIpc) is 2.59. The van der Waals surface area contributed by atoms with Gasteiger partial charge in [0.25, 0.3) is 0 Å². The van der Waals surface area contributed by atoms with Crippen molar-refractivity contribution in [1.82, 2.24) is 14.8 Å². The molecule has 2 atom stereocenters. The second kappa shape index (κ2) is 7.16. The first-order valence-corrected chi connectivity index (χ1v) is 8.99. The Kier molecular flexibility index (Phi) is 5.32. The van der Waals surface area contributed by atoms with Crippen LogP contribution in [0, 0.1) is 0 Å². The molecule has 0 saturated carbocycles. The van der Waals surface area contributed by atoms with Crippen LogP contribution in [0.5, 0.6) is 0 Å². The maximum Gasteiger partial charge on any atom is 0.417 e. The SMILES string of the molecule is CC(C)(C)OC(=O)N1CCN2C[C@@](O)(c3ccc(C(F)(F)F)cn3)OC[C@@H]2C1. The summed E-state index contributed by atoms with van der Waals surface area (Å²) in [5.74, 6) is -1.80. The number of alkyl halides is 3. The zero-order valence-electron chi connectivity index (χ0n) is 16.0. The number of hydrogen-bond donors (Lipinski definition) is 1. The van der Waals surface area contributed by atoms with Crippen molar-refractivity contribution in [3.05, 3.63) is 29.6 Å². The molecule has 3 rings (SSSR count).